The van der Waals surface area contributed by atoms with E-state index in [2.05, 4.69) is 217 Å². The molecule has 0 saturated heterocycles. The van der Waals surface area contributed by atoms with Crippen LogP contribution in [0.1, 0.15) is 25.0 Å². The summed E-state index contributed by atoms with van der Waals surface area (Å²) < 4.78 is 2.42. The number of nitrogens with zero attached hydrogens (tertiary/aromatic N) is 2. The first kappa shape index (κ1) is 31.1. The van der Waals surface area contributed by atoms with Gasteiger partial charge in [0, 0.05) is 38.9 Å². The molecule has 0 spiro atoms. The minimum Gasteiger partial charge on any atom is -0.310 e. The van der Waals surface area contributed by atoms with Crippen molar-refractivity contribution in [3.8, 4) is 39.1 Å². The fourth-order valence-corrected chi connectivity index (χ4v) is 8.51. The molecule has 53 heavy (non-hydrogen) atoms. The molecule has 1 heterocycles. The van der Waals surface area contributed by atoms with E-state index in [1.165, 1.54) is 72.0 Å². The maximum Gasteiger partial charge on any atom is 0.0541 e. The van der Waals surface area contributed by atoms with Crippen LogP contribution in [-0.4, -0.2) is 4.57 Å². The summed E-state index contributed by atoms with van der Waals surface area (Å²) in [7, 11) is 0. The Bertz CT molecular complexity index is 2720. The van der Waals surface area contributed by atoms with Gasteiger partial charge >= 0.3 is 0 Å². The van der Waals surface area contributed by atoms with Gasteiger partial charge in [-0.15, -0.1) is 0 Å². The molecule has 0 amide bonds. The van der Waals surface area contributed by atoms with Gasteiger partial charge in [-0.3, -0.25) is 0 Å². The monoisotopic (exact) mass is 678 g/mol. The van der Waals surface area contributed by atoms with Gasteiger partial charge in [0.1, 0.15) is 0 Å². The Morgan fingerprint density at radius 2 is 0.811 bits per heavy atom. The molecule has 0 N–H and O–H groups in total. The molecule has 0 radical (unpaired) electrons. The molecule has 0 unspecified atom stereocenters. The zero-order valence-corrected chi connectivity index (χ0v) is 29.9. The van der Waals surface area contributed by atoms with Crippen LogP contribution in [0, 0.1) is 0 Å². The molecule has 9 aromatic rings. The standard InChI is InChI=1S/C51H38N2/c1-51(2)47-33-41(29-31-43(47)44-32-30-42(34-48(44)51)53-49-19-11-9-17-45(49)46-18-10-12-20-50(46)53)52(39-15-7-4-8-16-39)40-27-25-38(26-28-40)37-23-21-36(22-24-37)35-13-5-3-6-14-35/h3-34H,1-2H3. The van der Waals surface area contributed by atoms with E-state index in [0.29, 0.717) is 0 Å². The van der Waals surface area contributed by atoms with E-state index in [-0.39, 0.29) is 5.41 Å². The SMILES string of the molecule is CC1(C)c2cc(N(c3ccccc3)c3ccc(-c4ccc(-c5ccccc5)cc4)cc3)ccc2-c2ccc(-n3c4ccccc4c4ccccc43)cc21. The molecule has 252 valence electrons. The summed E-state index contributed by atoms with van der Waals surface area (Å²) in [6.07, 6.45) is 0. The molecule has 0 fully saturated rings. The highest BCUT2D eigenvalue weighted by Gasteiger charge is 2.36. The van der Waals surface area contributed by atoms with Gasteiger partial charge in [-0.1, -0.05) is 147 Å². The fourth-order valence-electron chi connectivity index (χ4n) is 8.51. The average Bonchev–Trinajstić information content (AvgIpc) is 3.67. The van der Waals surface area contributed by atoms with Gasteiger partial charge in [0.25, 0.3) is 0 Å². The number of anilines is 3. The van der Waals surface area contributed by atoms with Gasteiger partial charge in [-0.25, -0.2) is 0 Å². The third-order valence-corrected chi connectivity index (χ3v) is 11.2. The Balaban J connectivity index is 1.02. The zero-order chi connectivity index (χ0) is 35.5. The number of benzene rings is 8. The van der Waals surface area contributed by atoms with Crippen molar-refractivity contribution in [2.45, 2.75) is 19.3 Å². The van der Waals surface area contributed by atoms with Crippen molar-refractivity contribution in [2.75, 3.05) is 4.90 Å². The number of fused-ring (bicyclic) bond motifs is 6. The first-order chi connectivity index (χ1) is 26.0. The number of hydrogen-bond donors (Lipinski definition) is 0. The first-order valence-corrected chi connectivity index (χ1v) is 18.4. The molecule has 10 rings (SSSR count). The van der Waals surface area contributed by atoms with Crippen molar-refractivity contribution >= 4 is 38.9 Å². The van der Waals surface area contributed by atoms with E-state index < -0.39 is 0 Å². The van der Waals surface area contributed by atoms with Crippen molar-refractivity contribution in [1.82, 2.24) is 4.57 Å². The molecule has 0 saturated carbocycles. The third-order valence-electron chi connectivity index (χ3n) is 11.2. The van der Waals surface area contributed by atoms with Crippen LogP contribution in [0.25, 0.3) is 60.9 Å². The summed E-state index contributed by atoms with van der Waals surface area (Å²) in [4.78, 5) is 2.38. The quantitative estimate of drug-likeness (QED) is 0.170. The minimum absolute atomic E-state index is 0.187. The van der Waals surface area contributed by atoms with Crippen LogP contribution in [-0.2, 0) is 5.41 Å². The maximum absolute atomic E-state index is 2.42. The molecule has 2 heteroatoms. The van der Waals surface area contributed by atoms with Gasteiger partial charge < -0.3 is 9.47 Å². The van der Waals surface area contributed by atoms with Crippen LogP contribution in [0.3, 0.4) is 0 Å². The predicted molar refractivity (Wildman–Crippen MR) is 224 cm³/mol. The lowest BCUT2D eigenvalue weighted by molar-refractivity contribution is 0.660. The second kappa shape index (κ2) is 12.3. The van der Waals surface area contributed by atoms with Gasteiger partial charge in [0.2, 0.25) is 0 Å². The van der Waals surface area contributed by atoms with Gasteiger partial charge in [0.05, 0.1) is 11.0 Å². The Kier molecular flexibility index (Phi) is 7.19. The highest BCUT2D eigenvalue weighted by molar-refractivity contribution is 6.09. The van der Waals surface area contributed by atoms with Crippen LogP contribution in [0.5, 0.6) is 0 Å². The minimum atomic E-state index is -0.187. The summed E-state index contributed by atoms with van der Waals surface area (Å²) in [6.45, 7) is 4.75. The van der Waals surface area contributed by atoms with Gasteiger partial charge in [-0.05, 0) is 105 Å². The summed E-state index contributed by atoms with van der Waals surface area (Å²) in [5.41, 5.74) is 17.1. The van der Waals surface area contributed by atoms with Gasteiger partial charge in [-0.2, -0.15) is 0 Å². The van der Waals surface area contributed by atoms with Crippen molar-refractivity contribution in [1.29, 1.82) is 0 Å². The smallest absolute Gasteiger partial charge is 0.0541 e. The molecule has 1 aliphatic carbocycles. The molecule has 1 aliphatic rings. The summed E-state index contributed by atoms with van der Waals surface area (Å²) in [6, 6.07) is 70.7. The van der Waals surface area contributed by atoms with Crippen molar-refractivity contribution in [2.24, 2.45) is 0 Å². The van der Waals surface area contributed by atoms with Crippen LogP contribution < -0.4 is 4.90 Å². The molecule has 0 bridgehead atoms. The van der Waals surface area contributed by atoms with Crippen molar-refractivity contribution < 1.29 is 0 Å². The summed E-state index contributed by atoms with van der Waals surface area (Å²) in [5.74, 6) is 0. The second-order valence-corrected chi connectivity index (χ2v) is 14.6. The van der Waals surface area contributed by atoms with Crippen LogP contribution >= 0.6 is 0 Å². The lowest BCUT2D eigenvalue weighted by atomic mass is 9.82. The van der Waals surface area contributed by atoms with Crippen LogP contribution in [0.15, 0.2) is 194 Å². The van der Waals surface area contributed by atoms with E-state index in [9.17, 15) is 0 Å². The lowest BCUT2D eigenvalue weighted by Gasteiger charge is -2.28. The number of para-hydroxylation sites is 3. The molecule has 2 nitrogen and oxygen atoms in total. The number of aromatic nitrogens is 1. The zero-order valence-electron chi connectivity index (χ0n) is 29.9. The van der Waals surface area contributed by atoms with Crippen molar-refractivity contribution in [3.63, 3.8) is 0 Å². The molecular weight excluding hydrogens is 641 g/mol. The molecule has 8 aromatic carbocycles. The summed E-state index contributed by atoms with van der Waals surface area (Å²) >= 11 is 0. The summed E-state index contributed by atoms with van der Waals surface area (Å²) in [5, 5.41) is 2.57. The third kappa shape index (κ3) is 5.10. The van der Waals surface area contributed by atoms with Crippen LogP contribution in [0.2, 0.25) is 0 Å². The molecule has 0 aliphatic heterocycles. The molecule has 0 atom stereocenters. The molecular formula is C51H38N2. The Hall–Kier alpha value is -6.64. The highest BCUT2D eigenvalue weighted by atomic mass is 15.1. The second-order valence-electron chi connectivity index (χ2n) is 14.6. The van der Waals surface area contributed by atoms with E-state index in [1.807, 2.05) is 0 Å². The fraction of sp³-hybridized carbons (Fsp3) is 0.0588. The lowest BCUT2D eigenvalue weighted by Crippen LogP contribution is -2.17. The Morgan fingerprint density at radius 3 is 1.42 bits per heavy atom. The largest absolute Gasteiger partial charge is 0.310 e. The Labute approximate surface area is 310 Å². The van der Waals surface area contributed by atoms with E-state index in [0.717, 1.165) is 17.1 Å². The van der Waals surface area contributed by atoms with E-state index in [1.54, 1.807) is 0 Å². The number of rotatable bonds is 6. The van der Waals surface area contributed by atoms with Crippen LogP contribution in [0.4, 0.5) is 17.1 Å². The van der Waals surface area contributed by atoms with Crippen molar-refractivity contribution in [3.05, 3.63) is 205 Å². The topological polar surface area (TPSA) is 8.17 Å². The highest BCUT2D eigenvalue weighted by Crippen LogP contribution is 2.51. The average molecular weight is 679 g/mol. The number of hydrogen-bond acceptors (Lipinski definition) is 1. The first-order valence-electron chi connectivity index (χ1n) is 18.4. The van der Waals surface area contributed by atoms with E-state index in [4.69, 9.17) is 0 Å². The molecule has 1 aromatic heterocycles. The predicted octanol–water partition coefficient (Wildman–Crippen LogP) is 13.9. The van der Waals surface area contributed by atoms with Gasteiger partial charge in [0.15, 0.2) is 0 Å². The maximum atomic E-state index is 2.42. The van der Waals surface area contributed by atoms with E-state index >= 15 is 0 Å². The Morgan fingerprint density at radius 1 is 0.377 bits per heavy atom. The normalized spacial score (nSPS) is 12.9.